The third-order valence-electron chi connectivity index (χ3n) is 4.80. The second kappa shape index (κ2) is 8.62. The molecule has 0 saturated carbocycles. The van der Waals surface area contributed by atoms with Gasteiger partial charge in [-0.2, -0.15) is 4.68 Å². The van der Waals surface area contributed by atoms with Crippen LogP contribution in [0.2, 0.25) is 0 Å². The van der Waals surface area contributed by atoms with E-state index in [0.29, 0.717) is 11.1 Å². The van der Waals surface area contributed by atoms with Crippen molar-refractivity contribution in [1.29, 1.82) is 0 Å². The van der Waals surface area contributed by atoms with Crippen molar-refractivity contribution in [2.45, 2.75) is 37.1 Å². The highest BCUT2D eigenvalue weighted by atomic mass is 32.2. The molecule has 4 rings (SSSR count). The Balaban J connectivity index is 1.50. The van der Waals surface area contributed by atoms with E-state index in [1.165, 1.54) is 17.3 Å². The third kappa shape index (κ3) is 4.18. The minimum absolute atomic E-state index is 0.124. The maximum atomic E-state index is 12.8. The number of carbonyl (C=O) groups excluding carboxylic acids is 1. The van der Waals surface area contributed by atoms with Gasteiger partial charge in [-0.25, -0.2) is 0 Å². The van der Waals surface area contributed by atoms with Crippen molar-refractivity contribution in [3.8, 4) is 5.69 Å². The molecule has 0 aliphatic heterocycles. The van der Waals surface area contributed by atoms with Gasteiger partial charge in [0.2, 0.25) is 11.1 Å². The van der Waals surface area contributed by atoms with Gasteiger partial charge in [0.25, 0.3) is 0 Å². The monoisotopic (exact) mass is 418 g/mol. The lowest BCUT2D eigenvalue weighted by Crippen LogP contribution is -2.23. The van der Waals surface area contributed by atoms with Crippen molar-refractivity contribution in [2.75, 3.05) is 5.32 Å². The van der Waals surface area contributed by atoms with E-state index in [1.807, 2.05) is 49.4 Å². The van der Waals surface area contributed by atoms with Gasteiger partial charge in [0.05, 0.1) is 22.1 Å². The second-order valence-electron chi connectivity index (χ2n) is 7.24. The van der Waals surface area contributed by atoms with E-state index in [2.05, 4.69) is 51.8 Å². The number of nitrogens with zero attached hydrogens (tertiary/aromatic N) is 5. The summed E-state index contributed by atoms with van der Waals surface area (Å²) < 4.78 is 1.65. The molecule has 0 unspecified atom stereocenters. The number of aromatic nitrogens is 5. The lowest BCUT2D eigenvalue weighted by molar-refractivity contribution is -0.115. The van der Waals surface area contributed by atoms with Gasteiger partial charge < -0.3 is 5.32 Å². The highest BCUT2D eigenvalue weighted by molar-refractivity contribution is 8.00. The Morgan fingerprint density at radius 2 is 1.83 bits per heavy atom. The van der Waals surface area contributed by atoms with Crippen LogP contribution in [0.15, 0.2) is 66.0 Å². The maximum absolute atomic E-state index is 12.8. The van der Waals surface area contributed by atoms with E-state index in [4.69, 9.17) is 0 Å². The van der Waals surface area contributed by atoms with Gasteiger partial charge in [-0.1, -0.05) is 43.8 Å². The van der Waals surface area contributed by atoms with Crippen molar-refractivity contribution in [3.63, 3.8) is 0 Å². The molecule has 152 valence electrons. The van der Waals surface area contributed by atoms with Gasteiger partial charge in [-0.05, 0) is 65.2 Å². The first-order valence-electron chi connectivity index (χ1n) is 9.73. The molecular weight excluding hydrogens is 396 g/mol. The largest absolute Gasteiger partial charge is 0.324 e. The summed E-state index contributed by atoms with van der Waals surface area (Å²) in [5.41, 5.74) is 3.68. The number of anilines is 1. The summed E-state index contributed by atoms with van der Waals surface area (Å²) in [6.07, 6.45) is 1.74. The lowest BCUT2D eigenvalue weighted by atomic mass is 10.0. The Morgan fingerprint density at radius 3 is 2.60 bits per heavy atom. The number of hydrogen-bond acceptors (Lipinski definition) is 6. The zero-order valence-corrected chi connectivity index (χ0v) is 17.8. The van der Waals surface area contributed by atoms with Crippen LogP contribution in [0, 0.1) is 0 Å². The number of pyridine rings is 1. The number of rotatable bonds is 6. The number of benzene rings is 2. The summed E-state index contributed by atoms with van der Waals surface area (Å²) in [6.45, 7) is 6.14. The quantitative estimate of drug-likeness (QED) is 0.466. The number of amides is 1. The number of nitrogens with one attached hydrogen (secondary N) is 1. The van der Waals surface area contributed by atoms with Gasteiger partial charge in [-0.3, -0.25) is 9.78 Å². The van der Waals surface area contributed by atoms with E-state index in [9.17, 15) is 4.79 Å². The fourth-order valence-corrected chi connectivity index (χ4v) is 3.88. The second-order valence-corrected chi connectivity index (χ2v) is 8.55. The van der Waals surface area contributed by atoms with Crippen LogP contribution in [0.5, 0.6) is 0 Å². The minimum Gasteiger partial charge on any atom is -0.324 e. The number of tetrazole rings is 1. The smallest absolute Gasteiger partial charge is 0.237 e. The molecule has 30 heavy (non-hydrogen) atoms. The number of hydrogen-bond donors (Lipinski definition) is 1. The first kappa shape index (κ1) is 20.0. The van der Waals surface area contributed by atoms with E-state index in [1.54, 1.807) is 10.9 Å². The first-order chi connectivity index (χ1) is 14.5. The molecule has 0 aliphatic rings. The average molecular weight is 419 g/mol. The molecule has 0 bridgehead atoms. The Bertz CT molecular complexity index is 1170. The summed E-state index contributed by atoms with van der Waals surface area (Å²) in [7, 11) is 0. The summed E-state index contributed by atoms with van der Waals surface area (Å²) in [6, 6.07) is 17.6. The lowest BCUT2D eigenvalue weighted by Gasteiger charge is -2.13. The fraction of sp³-hybridized carbons (Fsp3) is 0.227. The van der Waals surface area contributed by atoms with Crippen LogP contribution in [0.1, 0.15) is 32.3 Å². The van der Waals surface area contributed by atoms with Crippen LogP contribution in [0.4, 0.5) is 5.69 Å². The normalized spacial score (nSPS) is 12.3. The molecule has 7 nitrogen and oxygen atoms in total. The van der Waals surface area contributed by atoms with Crippen molar-refractivity contribution in [2.24, 2.45) is 0 Å². The fourth-order valence-electron chi connectivity index (χ4n) is 3.07. The van der Waals surface area contributed by atoms with Gasteiger partial charge in [-0.15, -0.1) is 5.10 Å². The molecular formula is C22H22N6OS. The molecule has 0 spiro atoms. The van der Waals surface area contributed by atoms with Crippen molar-refractivity contribution in [1.82, 2.24) is 25.2 Å². The molecule has 0 saturated heterocycles. The van der Waals surface area contributed by atoms with Gasteiger partial charge in [0.15, 0.2) is 0 Å². The van der Waals surface area contributed by atoms with E-state index in [0.717, 1.165) is 22.3 Å². The van der Waals surface area contributed by atoms with Gasteiger partial charge in [0.1, 0.15) is 0 Å². The van der Waals surface area contributed by atoms with Gasteiger partial charge in [0, 0.05) is 11.6 Å². The standard InChI is InChI=1S/C22H22N6OS/c1-14(2)16-9-11-17(12-10-16)28-22(25-26-27-28)30-15(3)21(29)24-20-8-4-7-19-18(20)6-5-13-23-19/h4-15H,1-3H3,(H,24,29)/t15-/m0/s1. The first-order valence-corrected chi connectivity index (χ1v) is 10.6. The molecule has 1 amide bonds. The minimum atomic E-state index is -0.392. The molecule has 4 aromatic rings. The van der Waals surface area contributed by atoms with Crippen molar-refractivity contribution in [3.05, 3.63) is 66.4 Å². The summed E-state index contributed by atoms with van der Waals surface area (Å²) in [4.78, 5) is 17.2. The third-order valence-corrected chi connectivity index (χ3v) is 5.83. The summed E-state index contributed by atoms with van der Waals surface area (Å²) in [5, 5.41) is 16.1. The Kier molecular flexibility index (Phi) is 5.76. The van der Waals surface area contributed by atoms with Crippen LogP contribution >= 0.6 is 11.8 Å². The van der Waals surface area contributed by atoms with Crippen LogP contribution in [0.3, 0.4) is 0 Å². The van der Waals surface area contributed by atoms with Crippen LogP contribution in [-0.2, 0) is 4.79 Å². The van der Waals surface area contributed by atoms with E-state index < -0.39 is 5.25 Å². The average Bonchev–Trinajstić information content (AvgIpc) is 3.22. The van der Waals surface area contributed by atoms with Crippen molar-refractivity contribution >= 4 is 34.3 Å². The molecule has 0 radical (unpaired) electrons. The molecule has 2 aromatic heterocycles. The SMILES string of the molecule is CC(C)c1ccc(-n2nnnc2S[C@@H](C)C(=O)Nc2cccc3ncccc23)cc1. The van der Waals surface area contributed by atoms with E-state index >= 15 is 0 Å². The Hall–Kier alpha value is -3.26. The highest BCUT2D eigenvalue weighted by Gasteiger charge is 2.20. The Morgan fingerprint density at radius 1 is 1.03 bits per heavy atom. The summed E-state index contributed by atoms with van der Waals surface area (Å²) in [5.74, 6) is 0.329. The van der Waals surface area contributed by atoms with Gasteiger partial charge >= 0.3 is 0 Å². The Labute approximate surface area is 178 Å². The van der Waals surface area contributed by atoms with Crippen LogP contribution in [0.25, 0.3) is 16.6 Å². The number of carbonyl (C=O) groups is 1. The summed E-state index contributed by atoms with van der Waals surface area (Å²) >= 11 is 1.31. The van der Waals surface area contributed by atoms with Crippen LogP contribution in [-0.4, -0.2) is 36.3 Å². The highest BCUT2D eigenvalue weighted by Crippen LogP contribution is 2.26. The van der Waals surface area contributed by atoms with Crippen molar-refractivity contribution < 1.29 is 4.79 Å². The zero-order valence-electron chi connectivity index (χ0n) is 17.0. The molecule has 8 heteroatoms. The molecule has 1 N–H and O–H groups in total. The number of thioether (sulfide) groups is 1. The predicted molar refractivity (Wildman–Crippen MR) is 119 cm³/mol. The molecule has 0 fully saturated rings. The zero-order chi connectivity index (χ0) is 21.1. The topological polar surface area (TPSA) is 85.6 Å². The van der Waals surface area contributed by atoms with E-state index in [-0.39, 0.29) is 5.91 Å². The number of fused-ring (bicyclic) bond motifs is 1. The molecule has 1 atom stereocenters. The molecule has 0 aliphatic carbocycles. The molecule has 2 aromatic carbocycles. The van der Waals surface area contributed by atoms with Crippen LogP contribution < -0.4 is 5.32 Å². The maximum Gasteiger partial charge on any atom is 0.237 e. The predicted octanol–water partition coefficient (Wildman–Crippen LogP) is 4.45. The molecule has 2 heterocycles.